The molecule has 2 N–H and O–H groups in total. The molecule has 19 heavy (non-hydrogen) atoms. The van der Waals surface area contributed by atoms with Crippen LogP contribution in [-0.2, 0) is 0 Å². The molecule has 2 nitrogen and oxygen atoms in total. The topological polar surface area (TPSA) is 24.1 Å². The number of thioether (sulfide) groups is 2. The predicted molar refractivity (Wildman–Crippen MR) is 91.3 cm³/mol. The molecule has 0 fully saturated rings. The van der Waals surface area contributed by atoms with E-state index in [4.69, 9.17) is 12.2 Å². The summed E-state index contributed by atoms with van der Waals surface area (Å²) in [5, 5.41) is 7.53. The zero-order valence-corrected chi connectivity index (χ0v) is 13.6. The maximum Gasteiger partial charge on any atom is 0.166 e. The summed E-state index contributed by atoms with van der Waals surface area (Å²) in [6.07, 6.45) is 4.42. The summed E-state index contributed by atoms with van der Waals surface area (Å²) < 4.78 is 0. The van der Waals surface area contributed by atoms with Crippen molar-refractivity contribution in [1.82, 2.24) is 10.6 Å². The lowest BCUT2D eigenvalue weighted by Crippen LogP contribution is -2.39. The summed E-state index contributed by atoms with van der Waals surface area (Å²) in [5.41, 5.74) is 1.38. The van der Waals surface area contributed by atoms with E-state index in [1.807, 2.05) is 23.5 Å². The molecule has 0 amide bonds. The highest BCUT2D eigenvalue weighted by Gasteiger charge is 2.20. The van der Waals surface area contributed by atoms with E-state index in [2.05, 4.69) is 41.2 Å². The summed E-state index contributed by atoms with van der Waals surface area (Å²) in [4.78, 5) is 1.39. The maximum atomic E-state index is 5.38. The third kappa shape index (κ3) is 4.58. The van der Waals surface area contributed by atoms with Crippen molar-refractivity contribution in [2.24, 2.45) is 0 Å². The Hall–Kier alpha value is -0.390. The molecule has 1 aromatic carbocycles. The van der Waals surface area contributed by atoms with Crippen LogP contribution in [-0.4, -0.2) is 29.4 Å². The predicted octanol–water partition coefficient (Wildman–Crippen LogP) is 3.44. The van der Waals surface area contributed by atoms with Gasteiger partial charge in [0.25, 0.3) is 0 Å². The van der Waals surface area contributed by atoms with Gasteiger partial charge < -0.3 is 10.6 Å². The summed E-state index contributed by atoms with van der Waals surface area (Å²) in [7, 11) is 0. The first-order valence-electron chi connectivity index (χ1n) is 6.56. The minimum Gasteiger partial charge on any atom is -0.363 e. The van der Waals surface area contributed by atoms with Crippen LogP contribution in [0, 0.1) is 0 Å². The standard InChI is InChI=1S/C14H20N2S3/c1-18-9-4-8-15-14(17)16-12-7-10-19-13-6-3-2-5-11(12)13/h2-3,5-6,12H,4,7-10H2,1H3,(H2,15,16,17)/t12-/m0/s1. The van der Waals surface area contributed by atoms with Crippen molar-refractivity contribution >= 4 is 40.9 Å². The van der Waals surface area contributed by atoms with Crippen LogP contribution in [0.4, 0.5) is 0 Å². The monoisotopic (exact) mass is 312 g/mol. The van der Waals surface area contributed by atoms with Crippen LogP contribution in [0.1, 0.15) is 24.4 Å². The molecule has 1 heterocycles. The minimum absolute atomic E-state index is 0.359. The van der Waals surface area contributed by atoms with Crippen molar-refractivity contribution < 1.29 is 0 Å². The Kier molecular flexibility index (Phi) is 6.34. The fourth-order valence-corrected chi connectivity index (χ4v) is 3.92. The number of thiocarbonyl (C=S) groups is 1. The molecule has 0 saturated carbocycles. The first kappa shape index (κ1) is 15.0. The largest absolute Gasteiger partial charge is 0.363 e. The van der Waals surface area contributed by atoms with Crippen LogP contribution < -0.4 is 10.6 Å². The highest BCUT2D eigenvalue weighted by Crippen LogP contribution is 2.35. The van der Waals surface area contributed by atoms with Gasteiger partial charge in [-0.25, -0.2) is 0 Å². The first-order chi connectivity index (χ1) is 9.31. The summed E-state index contributed by atoms with van der Waals surface area (Å²) in [6.45, 7) is 0.954. The fraction of sp³-hybridized carbons (Fsp3) is 0.500. The Balaban J connectivity index is 1.85. The molecule has 0 spiro atoms. The molecule has 0 unspecified atom stereocenters. The van der Waals surface area contributed by atoms with Crippen LogP contribution in [0.5, 0.6) is 0 Å². The number of rotatable bonds is 5. The SMILES string of the molecule is CSCCCNC(=S)N[C@H]1CCSc2ccccc21. The zero-order valence-electron chi connectivity index (χ0n) is 11.1. The van der Waals surface area contributed by atoms with Crippen LogP contribution >= 0.6 is 35.7 Å². The van der Waals surface area contributed by atoms with Crippen LogP contribution in [0.15, 0.2) is 29.2 Å². The molecule has 0 radical (unpaired) electrons. The van der Waals surface area contributed by atoms with Gasteiger partial charge in [-0.05, 0) is 48.7 Å². The Morgan fingerprint density at radius 2 is 2.32 bits per heavy atom. The van der Waals surface area contributed by atoms with Gasteiger partial charge in [-0.2, -0.15) is 11.8 Å². The van der Waals surface area contributed by atoms with E-state index in [1.165, 1.54) is 16.2 Å². The number of fused-ring (bicyclic) bond motifs is 1. The van der Waals surface area contributed by atoms with Crippen molar-refractivity contribution in [3.63, 3.8) is 0 Å². The summed E-state index contributed by atoms with van der Waals surface area (Å²) >= 11 is 9.19. The molecule has 0 aliphatic carbocycles. The highest BCUT2D eigenvalue weighted by atomic mass is 32.2. The van der Waals surface area contributed by atoms with Crippen LogP contribution in [0.25, 0.3) is 0 Å². The van der Waals surface area contributed by atoms with E-state index in [9.17, 15) is 0 Å². The van der Waals surface area contributed by atoms with Gasteiger partial charge in [-0.3, -0.25) is 0 Å². The number of benzene rings is 1. The van der Waals surface area contributed by atoms with E-state index >= 15 is 0 Å². The molecule has 0 aromatic heterocycles. The van der Waals surface area contributed by atoms with E-state index in [0.717, 1.165) is 30.3 Å². The lowest BCUT2D eigenvalue weighted by molar-refractivity contribution is 0.602. The number of hydrogen-bond donors (Lipinski definition) is 2. The average molecular weight is 313 g/mol. The molecule has 104 valence electrons. The van der Waals surface area contributed by atoms with Gasteiger partial charge in [0.05, 0.1) is 6.04 Å². The van der Waals surface area contributed by atoms with Gasteiger partial charge in [0.1, 0.15) is 0 Å². The number of nitrogens with one attached hydrogen (secondary N) is 2. The molecule has 1 aromatic rings. The lowest BCUT2D eigenvalue weighted by atomic mass is 10.0. The molecule has 1 aliphatic heterocycles. The second kappa shape index (κ2) is 8.02. The van der Waals surface area contributed by atoms with Gasteiger partial charge in [0, 0.05) is 17.2 Å². The molecular formula is C14H20N2S3. The average Bonchev–Trinajstić information content (AvgIpc) is 2.44. The van der Waals surface area contributed by atoms with Gasteiger partial charge in [-0.15, -0.1) is 11.8 Å². The quantitative estimate of drug-likeness (QED) is 0.641. The highest BCUT2D eigenvalue weighted by molar-refractivity contribution is 7.99. The summed E-state index contributed by atoms with van der Waals surface area (Å²) in [5.74, 6) is 2.34. The third-order valence-corrected chi connectivity index (χ3v) is 5.16. The van der Waals surface area contributed by atoms with E-state index in [1.54, 1.807) is 0 Å². The van der Waals surface area contributed by atoms with Crippen LogP contribution in [0.2, 0.25) is 0 Å². The molecule has 2 rings (SSSR count). The van der Waals surface area contributed by atoms with Gasteiger partial charge in [-0.1, -0.05) is 18.2 Å². The van der Waals surface area contributed by atoms with Crippen molar-refractivity contribution in [1.29, 1.82) is 0 Å². The normalized spacial score (nSPS) is 17.6. The van der Waals surface area contributed by atoms with Crippen LogP contribution in [0.3, 0.4) is 0 Å². The molecule has 1 atom stereocenters. The Labute approximate surface area is 129 Å². The zero-order chi connectivity index (χ0) is 13.5. The van der Waals surface area contributed by atoms with Crippen molar-refractivity contribution in [3.05, 3.63) is 29.8 Å². The third-order valence-electron chi connectivity index (χ3n) is 3.07. The molecule has 1 aliphatic rings. The van der Waals surface area contributed by atoms with Gasteiger partial charge in [0.2, 0.25) is 0 Å². The van der Waals surface area contributed by atoms with Gasteiger partial charge >= 0.3 is 0 Å². The van der Waals surface area contributed by atoms with E-state index in [0.29, 0.717) is 6.04 Å². The van der Waals surface area contributed by atoms with E-state index < -0.39 is 0 Å². The van der Waals surface area contributed by atoms with Gasteiger partial charge in [0.15, 0.2) is 5.11 Å². The molecule has 0 saturated heterocycles. The van der Waals surface area contributed by atoms with Crippen molar-refractivity contribution in [2.45, 2.75) is 23.8 Å². The molecule has 5 heteroatoms. The van der Waals surface area contributed by atoms with Crippen molar-refractivity contribution in [3.8, 4) is 0 Å². The van der Waals surface area contributed by atoms with Crippen molar-refractivity contribution in [2.75, 3.05) is 24.3 Å². The first-order valence-corrected chi connectivity index (χ1v) is 9.35. The second-order valence-corrected chi connectivity index (χ2v) is 7.00. The minimum atomic E-state index is 0.359. The number of hydrogen-bond acceptors (Lipinski definition) is 3. The Bertz CT molecular complexity index is 423. The second-order valence-electron chi connectivity index (χ2n) is 4.47. The molecular weight excluding hydrogens is 292 g/mol. The lowest BCUT2D eigenvalue weighted by Gasteiger charge is -2.27. The maximum absolute atomic E-state index is 5.38. The smallest absolute Gasteiger partial charge is 0.166 e. The Morgan fingerprint density at radius 3 is 3.16 bits per heavy atom. The molecule has 0 bridgehead atoms. The van der Waals surface area contributed by atoms with E-state index in [-0.39, 0.29) is 0 Å². The Morgan fingerprint density at radius 1 is 1.47 bits per heavy atom. The fourth-order valence-electron chi connectivity index (χ4n) is 2.12. The summed E-state index contributed by atoms with van der Waals surface area (Å²) in [6, 6.07) is 8.97.